The van der Waals surface area contributed by atoms with Gasteiger partial charge in [0.25, 0.3) is 0 Å². The molecule has 1 aliphatic carbocycles. The van der Waals surface area contributed by atoms with E-state index in [2.05, 4.69) is 19.9 Å². The van der Waals surface area contributed by atoms with Crippen LogP contribution in [0.5, 0.6) is 5.75 Å². The van der Waals surface area contributed by atoms with Gasteiger partial charge < -0.3 is 14.2 Å². The highest BCUT2D eigenvalue weighted by molar-refractivity contribution is 5.55. The molecule has 0 N–H and O–H groups in total. The van der Waals surface area contributed by atoms with Crippen LogP contribution in [0.1, 0.15) is 18.7 Å². The van der Waals surface area contributed by atoms with Gasteiger partial charge in [0.1, 0.15) is 5.75 Å². The lowest BCUT2D eigenvalue weighted by atomic mass is 10.2. The highest BCUT2D eigenvalue weighted by Gasteiger charge is 2.26. The van der Waals surface area contributed by atoms with E-state index in [-0.39, 0.29) is 0 Å². The third kappa shape index (κ3) is 3.76. The standard InChI is InChI=1S/C18H24N4O2/c1-23-16-6-4-15(5-7-16)18-19-17(24-20-18)13-22-10-8-21(9-11-22)12-14-2-3-14/h4-7,14H,2-3,8-13H2,1H3. The molecule has 1 saturated heterocycles. The molecule has 1 saturated carbocycles. The van der Waals surface area contributed by atoms with Crippen molar-refractivity contribution in [3.63, 3.8) is 0 Å². The van der Waals surface area contributed by atoms with E-state index in [1.54, 1.807) is 7.11 Å². The van der Waals surface area contributed by atoms with Crippen LogP contribution in [0.2, 0.25) is 0 Å². The Hall–Kier alpha value is -1.92. The fraction of sp³-hybridized carbons (Fsp3) is 0.556. The van der Waals surface area contributed by atoms with Crippen molar-refractivity contribution in [3.8, 4) is 17.1 Å². The molecule has 2 aliphatic rings. The number of piperazine rings is 1. The third-order valence-electron chi connectivity index (χ3n) is 4.85. The summed E-state index contributed by atoms with van der Waals surface area (Å²) in [5, 5.41) is 4.11. The van der Waals surface area contributed by atoms with E-state index in [1.807, 2.05) is 24.3 Å². The van der Waals surface area contributed by atoms with E-state index in [4.69, 9.17) is 9.26 Å². The Labute approximate surface area is 142 Å². The largest absolute Gasteiger partial charge is 0.497 e. The summed E-state index contributed by atoms with van der Waals surface area (Å²) < 4.78 is 10.6. The van der Waals surface area contributed by atoms with Gasteiger partial charge in [0.15, 0.2) is 0 Å². The normalized spacial score (nSPS) is 19.5. The summed E-state index contributed by atoms with van der Waals surface area (Å²) >= 11 is 0. The second-order valence-corrected chi connectivity index (χ2v) is 6.76. The van der Waals surface area contributed by atoms with Crippen molar-refractivity contribution in [1.82, 2.24) is 19.9 Å². The maximum atomic E-state index is 5.43. The summed E-state index contributed by atoms with van der Waals surface area (Å²) in [4.78, 5) is 9.52. The predicted molar refractivity (Wildman–Crippen MR) is 90.7 cm³/mol. The number of hydrogen-bond donors (Lipinski definition) is 0. The molecule has 2 fully saturated rings. The van der Waals surface area contributed by atoms with Crippen molar-refractivity contribution in [2.24, 2.45) is 5.92 Å². The molecular formula is C18H24N4O2. The zero-order valence-electron chi connectivity index (χ0n) is 14.1. The van der Waals surface area contributed by atoms with Crippen molar-refractivity contribution >= 4 is 0 Å². The highest BCUT2D eigenvalue weighted by atomic mass is 16.5. The van der Waals surface area contributed by atoms with Crippen LogP contribution in [0.4, 0.5) is 0 Å². The first-order chi connectivity index (χ1) is 11.8. The number of benzene rings is 1. The topological polar surface area (TPSA) is 54.6 Å². The van der Waals surface area contributed by atoms with Gasteiger partial charge in [0.2, 0.25) is 11.7 Å². The van der Waals surface area contributed by atoms with Gasteiger partial charge in [-0.3, -0.25) is 4.90 Å². The van der Waals surface area contributed by atoms with Gasteiger partial charge in [0, 0.05) is 38.3 Å². The summed E-state index contributed by atoms with van der Waals surface area (Å²) in [6.45, 7) is 6.47. The number of aromatic nitrogens is 2. The molecule has 1 aromatic carbocycles. The Morgan fingerprint density at radius 1 is 1.08 bits per heavy atom. The molecule has 0 amide bonds. The van der Waals surface area contributed by atoms with E-state index in [9.17, 15) is 0 Å². The summed E-state index contributed by atoms with van der Waals surface area (Å²) in [6, 6.07) is 7.71. The first-order valence-corrected chi connectivity index (χ1v) is 8.72. The fourth-order valence-electron chi connectivity index (χ4n) is 3.16. The van der Waals surface area contributed by atoms with Crippen molar-refractivity contribution < 1.29 is 9.26 Å². The minimum absolute atomic E-state index is 0.639. The third-order valence-corrected chi connectivity index (χ3v) is 4.85. The highest BCUT2D eigenvalue weighted by Crippen LogP contribution is 2.30. The molecule has 0 bridgehead atoms. The second-order valence-electron chi connectivity index (χ2n) is 6.76. The molecule has 128 valence electrons. The van der Waals surface area contributed by atoms with Crippen molar-refractivity contribution in [2.45, 2.75) is 19.4 Å². The Balaban J connectivity index is 1.31. The lowest BCUT2D eigenvalue weighted by Crippen LogP contribution is -2.46. The molecule has 0 unspecified atom stereocenters. The minimum atomic E-state index is 0.639. The molecule has 6 nitrogen and oxygen atoms in total. The number of methoxy groups -OCH3 is 1. The van der Waals surface area contributed by atoms with E-state index >= 15 is 0 Å². The lowest BCUT2D eigenvalue weighted by molar-refractivity contribution is 0.113. The number of nitrogens with zero attached hydrogens (tertiary/aromatic N) is 4. The van der Waals surface area contributed by atoms with Gasteiger partial charge in [-0.05, 0) is 43.0 Å². The average Bonchev–Trinajstić information content (AvgIpc) is 3.32. The van der Waals surface area contributed by atoms with Crippen LogP contribution < -0.4 is 4.74 Å². The summed E-state index contributed by atoms with van der Waals surface area (Å²) in [7, 11) is 1.66. The number of hydrogen-bond acceptors (Lipinski definition) is 6. The first kappa shape index (κ1) is 15.6. The van der Waals surface area contributed by atoms with Gasteiger partial charge in [0.05, 0.1) is 13.7 Å². The molecular weight excluding hydrogens is 304 g/mol. The SMILES string of the molecule is COc1ccc(-c2noc(CN3CCN(CC4CC4)CC3)n2)cc1. The van der Waals surface area contributed by atoms with Crippen LogP contribution in [0, 0.1) is 5.92 Å². The first-order valence-electron chi connectivity index (χ1n) is 8.72. The van der Waals surface area contributed by atoms with E-state index < -0.39 is 0 Å². The van der Waals surface area contributed by atoms with Crippen LogP contribution >= 0.6 is 0 Å². The van der Waals surface area contributed by atoms with Gasteiger partial charge >= 0.3 is 0 Å². The maximum absolute atomic E-state index is 5.43. The molecule has 2 aromatic rings. The van der Waals surface area contributed by atoms with E-state index in [0.29, 0.717) is 11.7 Å². The second kappa shape index (κ2) is 6.91. The average molecular weight is 328 g/mol. The molecule has 24 heavy (non-hydrogen) atoms. The van der Waals surface area contributed by atoms with E-state index in [1.165, 1.54) is 19.4 Å². The molecule has 1 aliphatic heterocycles. The van der Waals surface area contributed by atoms with Crippen LogP contribution in [0.25, 0.3) is 11.4 Å². The zero-order chi connectivity index (χ0) is 16.4. The van der Waals surface area contributed by atoms with Gasteiger partial charge in [-0.2, -0.15) is 4.98 Å². The lowest BCUT2D eigenvalue weighted by Gasteiger charge is -2.33. The number of rotatable bonds is 6. The van der Waals surface area contributed by atoms with Gasteiger partial charge in [-0.1, -0.05) is 5.16 Å². The number of ether oxygens (including phenoxy) is 1. The molecule has 2 heterocycles. The van der Waals surface area contributed by atoms with Crippen molar-refractivity contribution in [3.05, 3.63) is 30.2 Å². The Morgan fingerprint density at radius 2 is 1.79 bits per heavy atom. The Morgan fingerprint density at radius 3 is 2.46 bits per heavy atom. The summed E-state index contributed by atoms with van der Waals surface area (Å²) in [5.74, 6) is 3.13. The van der Waals surface area contributed by atoms with Crippen LogP contribution in [-0.2, 0) is 6.54 Å². The molecule has 4 rings (SSSR count). The van der Waals surface area contributed by atoms with Crippen LogP contribution in [-0.4, -0.2) is 59.8 Å². The maximum Gasteiger partial charge on any atom is 0.241 e. The summed E-state index contributed by atoms with van der Waals surface area (Å²) in [6.07, 6.45) is 2.85. The monoisotopic (exact) mass is 328 g/mol. The molecule has 1 aromatic heterocycles. The fourth-order valence-corrected chi connectivity index (χ4v) is 3.16. The predicted octanol–water partition coefficient (Wildman–Crippen LogP) is 2.27. The Bertz CT molecular complexity index is 658. The van der Waals surface area contributed by atoms with Gasteiger partial charge in [-0.25, -0.2) is 0 Å². The van der Waals surface area contributed by atoms with Gasteiger partial charge in [-0.15, -0.1) is 0 Å². The van der Waals surface area contributed by atoms with Crippen molar-refractivity contribution in [2.75, 3.05) is 39.8 Å². The van der Waals surface area contributed by atoms with Crippen LogP contribution in [0.15, 0.2) is 28.8 Å². The summed E-state index contributed by atoms with van der Waals surface area (Å²) in [5.41, 5.74) is 0.944. The molecule has 0 atom stereocenters. The Kier molecular flexibility index (Phi) is 4.49. The van der Waals surface area contributed by atoms with Crippen LogP contribution in [0.3, 0.4) is 0 Å². The van der Waals surface area contributed by atoms with Crippen molar-refractivity contribution in [1.29, 1.82) is 0 Å². The smallest absolute Gasteiger partial charge is 0.241 e. The molecule has 0 radical (unpaired) electrons. The molecule has 0 spiro atoms. The van der Waals surface area contributed by atoms with E-state index in [0.717, 1.165) is 50.0 Å². The minimum Gasteiger partial charge on any atom is -0.497 e. The quantitative estimate of drug-likeness (QED) is 0.811. The molecule has 6 heteroatoms. The zero-order valence-corrected chi connectivity index (χ0v) is 14.1.